The summed E-state index contributed by atoms with van der Waals surface area (Å²) < 4.78 is 0. The third-order valence-corrected chi connectivity index (χ3v) is 4.15. The molecule has 0 aliphatic heterocycles. The van der Waals surface area contributed by atoms with E-state index in [4.69, 9.17) is 5.11 Å². The molecule has 112 valence electrons. The molecule has 1 heterocycles. The van der Waals surface area contributed by atoms with Gasteiger partial charge in [0.25, 0.3) is 0 Å². The Labute approximate surface area is 125 Å². The quantitative estimate of drug-likeness (QED) is 0.567. The average Bonchev–Trinajstić information content (AvgIpc) is 2.41. The number of hydrogen-bond acceptors (Lipinski definition) is 6. The molecule has 20 heavy (non-hydrogen) atoms. The Morgan fingerprint density at radius 2 is 2.25 bits per heavy atom. The van der Waals surface area contributed by atoms with Gasteiger partial charge in [0.05, 0.1) is 0 Å². The van der Waals surface area contributed by atoms with Gasteiger partial charge in [0.1, 0.15) is 11.6 Å². The van der Waals surface area contributed by atoms with Crippen molar-refractivity contribution < 1.29 is 5.11 Å². The van der Waals surface area contributed by atoms with Gasteiger partial charge in [-0.1, -0.05) is 11.8 Å². The molecule has 6 heteroatoms. The number of rotatable bonds is 8. The largest absolute Gasteiger partial charge is 0.396 e. The molecular weight excluding hydrogens is 272 g/mol. The molecule has 1 aromatic heterocycles. The molecule has 0 bridgehead atoms. The number of anilines is 2. The van der Waals surface area contributed by atoms with Crippen LogP contribution in [0.25, 0.3) is 0 Å². The lowest BCUT2D eigenvalue weighted by Gasteiger charge is -2.38. The lowest BCUT2D eigenvalue weighted by molar-refractivity contribution is 0.282. The van der Waals surface area contributed by atoms with Crippen LogP contribution in [0.5, 0.6) is 0 Å². The van der Waals surface area contributed by atoms with Crippen molar-refractivity contribution in [1.82, 2.24) is 9.97 Å². The van der Waals surface area contributed by atoms with Crippen molar-refractivity contribution in [1.29, 1.82) is 0 Å². The maximum Gasteiger partial charge on any atom is 0.191 e. The average molecular weight is 296 g/mol. The van der Waals surface area contributed by atoms with Crippen LogP contribution in [0.4, 0.5) is 11.6 Å². The lowest BCUT2D eigenvalue weighted by Crippen LogP contribution is -2.41. The first-order chi connectivity index (χ1) is 9.78. The van der Waals surface area contributed by atoms with E-state index in [1.165, 1.54) is 19.3 Å². The van der Waals surface area contributed by atoms with Gasteiger partial charge in [-0.25, -0.2) is 9.97 Å². The van der Waals surface area contributed by atoms with Crippen molar-refractivity contribution in [3.8, 4) is 0 Å². The fourth-order valence-electron chi connectivity index (χ4n) is 2.35. The van der Waals surface area contributed by atoms with Crippen LogP contribution in [0.1, 0.15) is 32.6 Å². The third kappa shape index (κ3) is 3.76. The van der Waals surface area contributed by atoms with Gasteiger partial charge in [-0.05, 0) is 38.9 Å². The second-order valence-corrected chi connectivity index (χ2v) is 5.76. The molecule has 0 radical (unpaired) electrons. The zero-order chi connectivity index (χ0) is 14.4. The topological polar surface area (TPSA) is 61.3 Å². The van der Waals surface area contributed by atoms with Crippen LogP contribution in [0.3, 0.4) is 0 Å². The van der Waals surface area contributed by atoms with Gasteiger partial charge >= 0.3 is 0 Å². The Hall–Kier alpha value is -1.01. The van der Waals surface area contributed by atoms with Gasteiger partial charge in [0, 0.05) is 31.8 Å². The summed E-state index contributed by atoms with van der Waals surface area (Å²) in [7, 11) is 0. The van der Waals surface area contributed by atoms with E-state index in [1.807, 2.05) is 12.3 Å². The summed E-state index contributed by atoms with van der Waals surface area (Å²) in [5.74, 6) is 1.87. The van der Waals surface area contributed by atoms with Gasteiger partial charge in [-0.2, -0.15) is 0 Å². The lowest BCUT2D eigenvalue weighted by atomic mass is 9.91. The molecule has 0 spiro atoms. The van der Waals surface area contributed by atoms with E-state index < -0.39 is 0 Å². The molecule has 0 unspecified atom stereocenters. The van der Waals surface area contributed by atoms with Crippen LogP contribution in [0, 0.1) is 0 Å². The van der Waals surface area contributed by atoms with E-state index >= 15 is 0 Å². The normalized spacial score (nSPS) is 14.9. The van der Waals surface area contributed by atoms with Gasteiger partial charge in [0.15, 0.2) is 5.16 Å². The first-order valence-electron chi connectivity index (χ1n) is 7.33. The van der Waals surface area contributed by atoms with Crippen LogP contribution in [0.2, 0.25) is 0 Å². The van der Waals surface area contributed by atoms with Crippen molar-refractivity contribution in [3.63, 3.8) is 0 Å². The summed E-state index contributed by atoms with van der Waals surface area (Å²) in [5, 5.41) is 13.2. The molecule has 0 saturated heterocycles. The van der Waals surface area contributed by atoms with Crippen LogP contribution in [0.15, 0.2) is 11.2 Å². The van der Waals surface area contributed by atoms with E-state index in [0.717, 1.165) is 36.3 Å². The zero-order valence-corrected chi connectivity index (χ0v) is 13.1. The van der Waals surface area contributed by atoms with E-state index in [9.17, 15) is 0 Å². The summed E-state index contributed by atoms with van der Waals surface area (Å²) in [4.78, 5) is 11.5. The highest BCUT2D eigenvalue weighted by atomic mass is 32.2. The first-order valence-corrected chi connectivity index (χ1v) is 8.55. The molecule has 2 rings (SSSR count). The number of hydrogen-bond donors (Lipinski definition) is 2. The van der Waals surface area contributed by atoms with Gasteiger partial charge in [-0.15, -0.1) is 0 Å². The number of aliphatic hydroxyl groups is 1. The van der Waals surface area contributed by atoms with E-state index in [2.05, 4.69) is 27.1 Å². The molecule has 0 aromatic carbocycles. The third-order valence-electron chi connectivity index (χ3n) is 3.60. The highest BCUT2D eigenvalue weighted by molar-refractivity contribution is 7.98. The van der Waals surface area contributed by atoms with Crippen LogP contribution in [-0.4, -0.2) is 47.1 Å². The van der Waals surface area contributed by atoms with Gasteiger partial charge in [-0.3, -0.25) is 0 Å². The van der Waals surface area contributed by atoms with Crippen molar-refractivity contribution in [2.75, 3.05) is 36.2 Å². The van der Waals surface area contributed by atoms with Crippen LogP contribution < -0.4 is 10.2 Å². The van der Waals surface area contributed by atoms with E-state index in [0.29, 0.717) is 6.04 Å². The predicted molar refractivity (Wildman–Crippen MR) is 84.7 cm³/mol. The molecule has 1 fully saturated rings. The molecule has 1 aromatic rings. The molecule has 1 saturated carbocycles. The summed E-state index contributed by atoms with van der Waals surface area (Å²) in [6.07, 6.45) is 6.52. The summed E-state index contributed by atoms with van der Waals surface area (Å²) in [5.41, 5.74) is 0. The number of nitrogens with zero attached hydrogens (tertiary/aromatic N) is 3. The van der Waals surface area contributed by atoms with Crippen molar-refractivity contribution in [2.45, 2.75) is 43.8 Å². The number of aliphatic hydroxyl groups excluding tert-OH is 1. The Morgan fingerprint density at radius 3 is 2.80 bits per heavy atom. The molecule has 0 atom stereocenters. The predicted octanol–water partition coefficient (Wildman–Crippen LogP) is 2.37. The highest BCUT2D eigenvalue weighted by Crippen LogP contribution is 2.30. The van der Waals surface area contributed by atoms with E-state index in [1.54, 1.807) is 11.8 Å². The maximum atomic E-state index is 9.10. The van der Waals surface area contributed by atoms with E-state index in [-0.39, 0.29) is 6.61 Å². The Morgan fingerprint density at radius 1 is 1.45 bits per heavy atom. The Balaban J connectivity index is 2.22. The minimum Gasteiger partial charge on any atom is -0.396 e. The molecule has 1 aliphatic rings. The van der Waals surface area contributed by atoms with Crippen LogP contribution >= 0.6 is 11.8 Å². The van der Waals surface area contributed by atoms with Crippen molar-refractivity contribution >= 4 is 23.4 Å². The summed E-state index contributed by atoms with van der Waals surface area (Å²) in [6.45, 7) is 4.00. The van der Waals surface area contributed by atoms with Gasteiger partial charge in [0.2, 0.25) is 0 Å². The van der Waals surface area contributed by atoms with Crippen LogP contribution in [-0.2, 0) is 0 Å². The smallest absolute Gasteiger partial charge is 0.191 e. The second kappa shape index (κ2) is 7.69. The zero-order valence-electron chi connectivity index (χ0n) is 12.3. The fourth-order valence-corrected chi connectivity index (χ4v) is 2.72. The molecular formula is C14H24N4OS. The standard InChI is InChI=1S/C14H24N4OS/c1-3-15-12-10-13(17-14(16-12)20-2)18(8-5-9-19)11-6-4-7-11/h10-11,19H,3-9H2,1-2H3,(H,15,16,17). The fraction of sp³-hybridized carbons (Fsp3) is 0.714. The number of nitrogens with one attached hydrogen (secondary N) is 1. The maximum absolute atomic E-state index is 9.10. The molecule has 2 N–H and O–H groups in total. The molecule has 0 amide bonds. The molecule has 1 aliphatic carbocycles. The van der Waals surface area contributed by atoms with Gasteiger partial charge < -0.3 is 15.3 Å². The minimum atomic E-state index is 0.226. The van der Waals surface area contributed by atoms with Crippen molar-refractivity contribution in [3.05, 3.63) is 6.07 Å². The Kier molecular flexibility index (Phi) is 5.91. The number of thioether (sulfide) groups is 1. The second-order valence-electron chi connectivity index (χ2n) is 4.98. The molecule has 5 nitrogen and oxygen atoms in total. The summed E-state index contributed by atoms with van der Waals surface area (Å²) >= 11 is 1.56. The van der Waals surface area contributed by atoms with Crippen molar-refractivity contribution in [2.24, 2.45) is 0 Å². The first kappa shape index (κ1) is 15.4. The highest BCUT2D eigenvalue weighted by Gasteiger charge is 2.26. The Bertz CT molecular complexity index is 426. The number of aromatic nitrogens is 2. The monoisotopic (exact) mass is 296 g/mol. The summed E-state index contributed by atoms with van der Waals surface area (Å²) in [6, 6.07) is 2.60. The minimum absolute atomic E-state index is 0.226. The SMILES string of the molecule is CCNc1cc(N(CCCO)C2CCC2)nc(SC)n1.